The molecule has 1 heterocycles. The van der Waals surface area contributed by atoms with Crippen molar-refractivity contribution < 1.29 is 10.2 Å². The smallest absolute Gasteiger partial charge is 0.219 e. The van der Waals surface area contributed by atoms with Crippen molar-refractivity contribution in [1.29, 1.82) is 0 Å². The van der Waals surface area contributed by atoms with Crippen molar-refractivity contribution in [3.05, 3.63) is 18.0 Å². The molecule has 0 aliphatic carbocycles. The summed E-state index contributed by atoms with van der Waals surface area (Å²) in [6.07, 6.45) is 0.635. The Bertz CT molecular complexity index is 264. The van der Waals surface area contributed by atoms with Gasteiger partial charge in [-0.05, 0) is 0 Å². The molecule has 13 heavy (non-hydrogen) atoms. The Balaban J connectivity index is 2.77. The SMILES string of the molecule is NCC(O)C(O)c1cnc(N)nc1. The maximum Gasteiger partial charge on any atom is 0.219 e. The van der Waals surface area contributed by atoms with Gasteiger partial charge in [-0.2, -0.15) is 0 Å². The van der Waals surface area contributed by atoms with Gasteiger partial charge in [0.25, 0.3) is 0 Å². The van der Waals surface area contributed by atoms with Gasteiger partial charge in [-0.15, -0.1) is 0 Å². The highest BCUT2D eigenvalue weighted by Crippen LogP contribution is 2.14. The van der Waals surface area contributed by atoms with Crippen LogP contribution < -0.4 is 11.5 Å². The molecule has 1 rings (SSSR count). The number of anilines is 1. The van der Waals surface area contributed by atoms with E-state index in [1.54, 1.807) is 0 Å². The molecule has 1 aromatic rings. The average Bonchev–Trinajstić information content (AvgIpc) is 2.17. The van der Waals surface area contributed by atoms with Crippen LogP contribution in [0.3, 0.4) is 0 Å². The Kier molecular flexibility index (Phi) is 3.13. The van der Waals surface area contributed by atoms with Gasteiger partial charge in [0.2, 0.25) is 5.95 Å². The number of nitrogen functional groups attached to an aromatic ring is 1. The van der Waals surface area contributed by atoms with Crippen LogP contribution in [0.15, 0.2) is 12.4 Å². The Morgan fingerprint density at radius 2 is 1.85 bits per heavy atom. The Morgan fingerprint density at radius 3 is 2.31 bits per heavy atom. The first-order valence-electron chi connectivity index (χ1n) is 3.78. The van der Waals surface area contributed by atoms with Crippen molar-refractivity contribution in [3.63, 3.8) is 0 Å². The maximum atomic E-state index is 9.43. The molecule has 0 bridgehead atoms. The van der Waals surface area contributed by atoms with Crippen molar-refractivity contribution in [3.8, 4) is 0 Å². The minimum Gasteiger partial charge on any atom is -0.389 e. The van der Waals surface area contributed by atoms with Gasteiger partial charge >= 0.3 is 0 Å². The zero-order valence-electron chi connectivity index (χ0n) is 6.96. The quantitative estimate of drug-likeness (QED) is 0.450. The summed E-state index contributed by atoms with van der Waals surface area (Å²) in [6.45, 7) is -0.0223. The Hall–Kier alpha value is -1.24. The molecule has 0 saturated carbocycles. The first kappa shape index (κ1) is 9.85. The van der Waals surface area contributed by atoms with Crippen LogP contribution in [0.1, 0.15) is 11.7 Å². The number of hydrogen-bond acceptors (Lipinski definition) is 6. The molecule has 0 aliphatic rings. The molecule has 6 N–H and O–H groups in total. The van der Waals surface area contributed by atoms with Gasteiger partial charge in [-0.3, -0.25) is 0 Å². The van der Waals surface area contributed by atoms with Crippen LogP contribution in [0.5, 0.6) is 0 Å². The van der Waals surface area contributed by atoms with Crippen molar-refractivity contribution in [2.24, 2.45) is 5.73 Å². The Labute approximate surface area is 75.2 Å². The van der Waals surface area contributed by atoms with Crippen LogP contribution in [0, 0.1) is 0 Å². The lowest BCUT2D eigenvalue weighted by Gasteiger charge is -2.15. The third kappa shape index (κ3) is 2.35. The molecular weight excluding hydrogens is 172 g/mol. The topological polar surface area (TPSA) is 118 Å². The Morgan fingerprint density at radius 1 is 1.31 bits per heavy atom. The van der Waals surface area contributed by atoms with E-state index in [-0.39, 0.29) is 12.5 Å². The van der Waals surface area contributed by atoms with Crippen molar-refractivity contribution in [2.45, 2.75) is 12.2 Å². The van der Waals surface area contributed by atoms with Crippen molar-refractivity contribution in [1.82, 2.24) is 9.97 Å². The van der Waals surface area contributed by atoms with E-state index in [1.165, 1.54) is 12.4 Å². The van der Waals surface area contributed by atoms with Gasteiger partial charge in [-0.25, -0.2) is 9.97 Å². The van der Waals surface area contributed by atoms with Gasteiger partial charge < -0.3 is 21.7 Å². The van der Waals surface area contributed by atoms with Gasteiger partial charge in [0.05, 0.1) is 6.10 Å². The predicted octanol–water partition coefficient (Wildman–Crippen LogP) is -1.59. The molecule has 0 aliphatic heterocycles. The van der Waals surface area contributed by atoms with E-state index in [0.29, 0.717) is 5.56 Å². The number of aliphatic hydroxyl groups excluding tert-OH is 2. The zero-order valence-corrected chi connectivity index (χ0v) is 6.96. The van der Waals surface area contributed by atoms with Crippen molar-refractivity contribution in [2.75, 3.05) is 12.3 Å². The fraction of sp³-hybridized carbons (Fsp3) is 0.429. The summed E-state index contributed by atoms with van der Waals surface area (Å²) in [5, 5.41) is 18.6. The second-order valence-corrected chi connectivity index (χ2v) is 2.62. The standard InChI is InChI=1S/C7H12N4O2/c8-1-5(12)6(13)4-2-10-7(9)11-3-4/h2-3,5-6,12-13H,1,8H2,(H2,9,10,11). The fourth-order valence-electron chi connectivity index (χ4n) is 0.852. The molecule has 2 unspecified atom stereocenters. The second kappa shape index (κ2) is 4.13. The number of aromatic nitrogens is 2. The third-order valence-corrected chi connectivity index (χ3v) is 1.64. The molecule has 0 spiro atoms. The first-order valence-corrected chi connectivity index (χ1v) is 3.78. The van der Waals surface area contributed by atoms with E-state index in [9.17, 15) is 10.2 Å². The molecule has 72 valence electrons. The largest absolute Gasteiger partial charge is 0.389 e. The number of hydrogen-bond donors (Lipinski definition) is 4. The van der Waals surface area contributed by atoms with Gasteiger partial charge in [0.1, 0.15) is 6.10 Å². The zero-order chi connectivity index (χ0) is 9.84. The van der Waals surface area contributed by atoms with E-state index < -0.39 is 12.2 Å². The van der Waals surface area contributed by atoms with Gasteiger partial charge in [-0.1, -0.05) is 0 Å². The highest BCUT2D eigenvalue weighted by Gasteiger charge is 2.16. The van der Waals surface area contributed by atoms with Crippen LogP contribution in [-0.4, -0.2) is 32.8 Å². The first-order chi connectivity index (χ1) is 6.15. The molecule has 0 amide bonds. The van der Waals surface area contributed by atoms with Crippen LogP contribution in [0.25, 0.3) is 0 Å². The number of aliphatic hydroxyl groups is 2. The average molecular weight is 184 g/mol. The molecule has 0 radical (unpaired) electrons. The van der Waals surface area contributed by atoms with E-state index in [0.717, 1.165) is 0 Å². The highest BCUT2D eigenvalue weighted by molar-refractivity contribution is 5.19. The van der Waals surface area contributed by atoms with Gasteiger partial charge in [0.15, 0.2) is 0 Å². The summed E-state index contributed by atoms with van der Waals surface area (Å²) in [4.78, 5) is 7.34. The summed E-state index contributed by atoms with van der Waals surface area (Å²) in [5.74, 6) is 0.123. The lowest BCUT2D eigenvalue weighted by atomic mass is 10.1. The third-order valence-electron chi connectivity index (χ3n) is 1.64. The number of rotatable bonds is 3. The molecule has 6 nitrogen and oxygen atoms in total. The van der Waals surface area contributed by atoms with E-state index in [4.69, 9.17) is 11.5 Å². The van der Waals surface area contributed by atoms with E-state index in [2.05, 4.69) is 9.97 Å². The minimum absolute atomic E-state index is 0.0223. The van der Waals surface area contributed by atoms with E-state index >= 15 is 0 Å². The summed E-state index contributed by atoms with van der Waals surface area (Å²) < 4.78 is 0. The number of nitrogens with zero attached hydrogens (tertiary/aromatic N) is 2. The van der Waals surface area contributed by atoms with Crippen LogP contribution in [0.4, 0.5) is 5.95 Å². The summed E-state index contributed by atoms with van der Waals surface area (Å²) in [6, 6.07) is 0. The maximum absolute atomic E-state index is 9.43. The van der Waals surface area contributed by atoms with Crippen LogP contribution in [-0.2, 0) is 0 Å². The molecule has 6 heteroatoms. The summed E-state index contributed by atoms with van der Waals surface area (Å²) >= 11 is 0. The van der Waals surface area contributed by atoms with Gasteiger partial charge in [0, 0.05) is 24.5 Å². The summed E-state index contributed by atoms with van der Waals surface area (Å²) in [5.41, 5.74) is 10.8. The molecule has 1 aromatic heterocycles. The molecule has 0 fully saturated rings. The van der Waals surface area contributed by atoms with Crippen molar-refractivity contribution >= 4 is 5.95 Å². The number of nitrogens with two attached hydrogens (primary N) is 2. The van der Waals surface area contributed by atoms with Crippen LogP contribution in [0.2, 0.25) is 0 Å². The monoisotopic (exact) mass is 184 g/mol. The second-order valence-electron chi connectivity index (χ2n) is 2.62. The van der Waals surface area contributed by atoms with Crippen LogP contribution >= 0.6 is 0 Å². The minimum atomic E-state index is -1.06. The summed E-state index contributed by atoms with van der Waals surface area (Å²) in [7, 11) is 0. The molecule has 0 aromatic carbocycles. The molecular formula is C7H12N4O2. The lowest BCUT2D eigenvalue weighted by Crippen LogP contribution is -2.27. The molecule has 0 saturated heterocycles. The predicted molar refractivity (Wildman–Crippen MR) is 46.5 cm³/mol. The lowest BCUT2D eigenvalue weighted by molar-refractivity contribution is 0.0239. The molecule has 2 atom stereocenters. The normalized spacial score (nSPS) is 15.3. The van der Waals surface area contributed by atoms with E-state index in [1.807, 2.05) is 0 Å². The highest BCUT2D eigenvalue weighted by atomic mass is 16.3. The fourth-order valence-corrected chi connectivity index (χ4v) is 0.852.